The van der Waals surface area contributed by atoms with Crippen LogP contribution in [0.1, 0.15) is 38.4 Å². The molecule has 0 radical (unpaired) electrons. The van der Waals surface area contributed by atoms with Gasteiger partial charge in [0.25, 0.3) is 5.56 Å². The zero-order chi connectivity index (χ0) is 20.0. The number of aromatic nitrogens is 2. The van der Waals surface area contributed by atoms with Gasteiger partial charge in [-0.2, -0.15) is 11.8 Å². The summed E-state index contributed by atoms with van der Waals surface area (Å²) in [7, 11) is 0. The molecule has 27 heavy (non-hydrogen) atoms. The van der Waals surface area contributed by atoms with E-state index >= 15 is 0 Å². The van der Waals surface area contributed by atoms with Crippen LogP contribution in [0.3, 0.4) is 0 Å². The standard InChI is InChI=1S/C19H24ClN3O2S2/c1-5-16(18(25)22-15-8-13(20)7-6-12(15)4)27-19-21-14(9-17(24)23-19)10-26-11(2)3/h6-9,11,16H,5,10H2,1-4H3,(H,22,25)(H,21,23,24). The number of benzene rings is 1. The molecule has 2 aromatic rings. The van der Waals surface area contributed by atoms with Crippen LogP contribution in [0.5, 0.6) is 0 Å². The molecular weight excluding hydrogens is 402 g/mol. The number of nitrogens with zero attached hydrogens (tertiary/aromatic N) is 1. The predicted octanol–water partition coefficient (Wildman–Crippen LogP) is 4.88. The molecule has 1 aromatic carbocycles. The van der Waals surface area contributed by atoms with Crippen molar-refractivity contribution in [3.05, 3.63) is 50.9 Å². The maximum Gasteiger partial charge on any atom is 0.251 e. The van der Waals surface area contributed by atoms with Crippen LogP contribution in [0.2, 0.25) is 5.02 Å². The van der Waals surface area contributed by atoms with Gasteiger partial charge in [-0.1, -0.05) is 50.2 Å². The molecule has 1 aromatic heterocycles. The van der Waals surface area contributed by atoms with Crippen molar-refractivity contribution < 1.29 is 4.79 Å². The van der Waals surface area contributed by atoms with Gasteiger partial charge in [-0.05, 0) is 36.3 Å². The van der Waals surface area contributed by atoms with Crippen LogP contribution in [0.15, 0.2) is 34.2 Å². The van der Waals surface area contributed by atoms with Gasteiger partial charge in [0.05, 0.1) is 10.9 Å². The summed E-state index contributed by atoms with van der Waals surface area (Å²) in [4.78, 5) is 31.9. The van der Waals surface area contributed by atoms with Crippen molar-refractivity contribution >= 4 is 46.7 Å². The van der Waals surface area contributed by atoms with Gasteiger partial charge in [0, 0.05) is 22.5 Å². The lowest BCUT2D eigenvalue weighted by Gasteiger charge is -2.16. The van der Waals surface area contributed by atoms with Crippen LogP contribution in [0.4, 0.5) is 5.69 Å². The van der Waals surface area contributed by atoms with Crippen molar-refractivity contribution in [2.24, 2.45) is 0 Å². The second kappa shape index (κ2) is 10.2. The van der Waals surface area contributed by atoms with E-state index in [9.17, 15) is 9.59 Å². The molecule has 0 saturated carbocycles. The monoisotopic (exact) mass is 425 g/mol. The highest BCUT2D eigenvalue weighted by molar-refractivity contribution is 8.00. The predicted molar refractivity (Wildman–Crippen MR) is 116 cm³/mol. The molecule has 0 fully saturated rings. The minimum Gasteiger partial charge on any atom is -0.325 e. The first-order valence-corrected chi connectivity index (χ1v) is 11.0. The molecule has 5 nitrogen and oxygen atoms in total. The van der Waals surface area contributed by atoms with Crippen molar-refractivity contribution in [3.63, 3.8) is 0 Å². The first kappa shape index (κ1) is 21.9. The zero-order valence-corrected chi connectivity index (χ0v) is 18.2. The van der Waals surface area contributed by atoms with Crippen LogP contribution >= 0.6 is 35.1 Å². The SMILES string of the molecule is CCC(Sc1nc(CSC(C)C)cc(=O)[nH]1)C(=O)Nc1cc(Cl)ccc1C. The molecule has 8 heteroatoms. The maximum atomic E-state index is 12.7. The third-order valence-corrected chi connectivity index (χ3v) is 6.32. The number of aryl methyl sites for hydroxylation is 1. The van der Waals surface area contributed by atoms with Gasteiger partial charge >= 0.3 is 0 Å². The van der Waals surface area contributed by atoms with E-state index in [4.69, 9.17) is 11.6 Å². The molecule has 2 rings (SSSR count). The van der Waals surface area contributed by atoms with Crippen molar-refractivity contribution in [1.82, 2.24) is 9.97 Å². The van der Waals surface area contributed by atoms with E-state index in [2.05, 4.69) is 29.1 Å². The molecule has 0 spiro atoms. The Hall–Kier alpha value is -1.44. The van der Waals surface area contributed by atoms with Crippen LogP contribution in [0, 0.1) is 6.92 Å². The Morgan fingerprint density at radius 2 is 2.07 bits per heavy atom. The van der Waals surface area contributed by atoms with E-state index < -0.39 is 0 Å². The average molecular weight is 426 g/mol. The fourth-order valence-corrected chi connectivity index (χ4v) is 4.02. The van der Waals surface area contributed by atoms with Gasteiger partial charge in [-0.3, -0.25) is 9.59 Å². The van der Waals surface area contributed by atoms with Crippen LogP contribution in [0.25, 0.3) is 0 Å². The van der Waals surface area contributed by atoms with E-state index in [0.717, 1.165) is 11.3 Å². The highest BCUT2D eigenvalue weighted by Crippen LogP contribution is 2.26. The molecule has 0 aliphatic carbocycles. The Balaban J connectivity index is 2.12. The number of anilines is 1. The van der Waals surface area contributed by atoms with Gasteiger partial charge in [-0.25, -0.2) is 4.98 Å². The normalized spacial score (nSPS) is 12.2. The van der Waals surface area contributed by atoms with Crippen LogP contribution in [-0.2, 0) is 10.5 Å². The molecule has 146 valence electrons. The fourth-order valence-electron chi connectivity index (χ4n) is 2.26. The third kappa shape index (κ3) is 6.90. The number of hydrogen-bond acceptors (Lipinski definition) is 5. The van der Waals surface area contributed by atoms with E-state index in [1.807, 2.05) is 19.9 Å². The van der Waals surface area contributed by atoms with Gasteiger partial charge in [0.1, 0.15) is 0 Å². The second-order valence-corrected chi connectivity index (χ2v) is 9.56. The minimum atomic E-state index is -0.375. The molecule has 0 aliphatic rings. The smallest absolute Gasteiger partial charge is 0.251 e. The summed E-state index contributed by atoms with van der Waals surface area (Å²) >= 11 is 9.01. The van der Waals surface area contributed by atoms with Gasteiger partial charge in [0.2, 0.25) is 5.91 Å². The van der Waals surface area contributed by atoms with Crippen LogP contribution in [-0.4, -0.2) is 26.4 Å². The van der Waals surface area contributed by atoms with E-state index in [1.165, 1.54) is 17.8 Å². The molecule has 1 amide bonds. The lowest BCUT2D eigenvalue weighted by molar-refractivity contribution is -0.115. The fraction of sp³-hybridized carbons (Fsp3) is 0.421. The zero-order valence-electron chi connectivity index (χ0n) is 15.8. The van der Waals surface area contributed by atoms with Crippen molar-refractivity contribution in [2.75, 3.05) is 5.32 Å². The number of nitrogens with one attached hydrogen (secondary N) is 2. The summed E-state index contributed by atoms with van der Waals surface area (Å²) in [6.07, 6.45) is 0.602. The Morgan fingerprint density at radius 3 is 2.74 bits per heavy atom. The summed E-state index contributed by atoms with van der Waals surface area (Å²) in [6.45, 7) is 8.04. The molecule has 1 unspecified atom stereocenters. The maximum absolute atomic E-state index is 12.7. The Morgan fingerprint density at radius 1 is 1.33 bits per heavy atom. The second-order valence-electron chi connectivity index (χ2n) is 6.36. The highest BCUT2D eigenvalue weighted by Gasteiger charge is 2.20. The van der Waals surface area contributed by atoms with E-state index in [1.54, 1.807) is 23.9 Å². The van der Waals surface area contributed by atoms with Crippen molar-refractivity contribution in [3.8, 4) is 0 Å². The highest BCUT2D eigenvalue weighted by atomic mass is 35.5. The largest absolute Gasteiger partial charge is 0.325 e. The van der Waals surface area contributed by atoms with E-state index in [-0.39, 0.29) is 16.7 Å². The molecule has 1 heterocycles. The number of amides is 1. The summed E-state index contributed by atoms with van der Waals surface area (Å²) in [5.74, 6) is 0.525. The molecule has 0 bridgehead atoms. The third-order valence-electron chi connectivity index (χ3n) is 3.71. The topological polar surface area (TPSA) is 74.8 Å². The quantitative estimate of drug-likeness (QED) is 0.465. The number of carbonyl (C=O) groups is 1. The van der Waals surface area contributed by atoms with Gasteiger partial charge < -0.3 is 10.3 Å². The van der Waals surface area contributed by atoms with Crippen molar-refractivity contribution in [1.29, 1.82) is 0 Å². The number of thioether (sulfide) groups is 2. The Labute approximate surface area is 173 Å². The lowest BCUT2D eigenvalue weighted by Crippen LogP contribution is -2.25. The number of carbonyl (C=O) groups excluding carboxylic acids is 1. The van der Waals surface area contributed by atoms with Crippen molar-refractivity contribution in [2.45, 2.75) is 55.5 Å². The van der Waals surface area contributed by atoms with Gasteiger partial charge in [-0.15, -0.1) is 0 Å². The summed E-state index contributed by atoms with van der Waals surface area (Å²) in [5, 5.41) is 4.04. The van der Waals surface area contributed by atoms with Gasteiger partial charge in [0.15, 0.2) is 5.16 Å². The first-order valence-electron chi connectivity index (χ1n) is 8.74. The molecule has 0 saturated heterocycles. The average Bonchev–Trinajstić information content (AvgIpc) is 2.60. The number of hydrogen-bond donors (Lipinski definition) is 2. The minimum absolute atomic E-state index is 0.141. The molecular formula is C19H24ClN3O2S2. The summed E-state index contributed by atoms with van der Waals surface area (Å²) in [6, 6.07) is 6.89. The lowest BCUT2D eigenvalue weighted by atomic mass is 10.2. The number of aromatic amines is 1. The molecule has 1 atom stereocenters. The van der Waals surface area contributed by atoms with Crippen LogP contribution < -0.4 is 10.9 Å². The number of H-pyrrole nitrogens is 1. The number of rotatable bonds is 8. The van der Waals surface area contributed by atoms with E-state index in [0.29, 0.717) is 33.3 Å². The summed E-state index contributed by atoms with van der Waals surface area (Å²) in [5.41, 5.74) is 2.15. The Kier molecular flexibility index (Phi) is 8.26. The molecule has 0 aliphatic heterocycles. The Bertz CT molecular complexity index is 855. The molecule has 2 N–H and O–H groups in total. The summed E-state index contributed by atoms with van der Waals surface area (Å²) < 4.78 is 0. The number of halogens is 1. The first-order chi connectivity index (χ1) is 12.8.